The van der Waals surface area contributed by atoms with Crippen LogP contribution in [0, 0.1) is 6.07 Å². The van der Waals surface area contributed by atoms with E-state index in [1.165, 1.54) is 5.56 Å². The van der Waals surface area contributed by atoms with Gasteiger partial charge in [0.1, 0.15) is 6.10 Å². The molecule has 61 valence electrons. The maximum absolute atomic E-state index is 5.51. The van der Waals surface area contributed by atoms with Crippen LogP contribution in [-0.2, 0) is 39.1 Å². The van der Waals surface area contributed by atoms with Crippen LogP contribution in [0.4, 0.5) is 0 Å². The molecule has 1 aromatic carbocycles. The van der Waals surface area contributed by atoms with Gasteiger partial charge in [-0.25, -0.2) is 0 Å². The molecule has 1 aromatic rings. The fourth-order valence-electron chi connectivity index (χ4n) is 1.32. The third-order valence-corrected chi connectivity index (χ3v) is 1.91. The van der Waals surface area contributed by atoms with Crippen molar-refractivity contribution in [3.05, 3.63) is 29.8 Å². The number of ether oxygens (including phenoxy) is 1. The average molecular weight is 237 g/mol. The van der Waals surface area contributed by atoms with Gasteiger partial charge in [-0.1, -0.05) is 0 Å². The van der Waals surface area contributed by atoms with Crippen molar-refractivity contribution in [1.82, 2.24) is 0 Å². The summed E-state index contributed by atoms with van der Waals surface area (Å²) in [5, 5.41) is 0. The molecule has 1 aliphatic heterocycles. The minimum absolute atomic E-state index is 0. The van der Waals surface area contributed by atoms with Crippen molar-refractivity contribution < 1.29 is 37.4 Å². The van der Waals surface area contributed by atoms with Gasteiger partial charge >= 0.3 is 0 Å². The molecule has 0 saturated heterocycles. The second kappa shape index (κ2) is 4.36. The summed E-state index contributed by atoms with van der Waals surface area (Å²) >= 11 is 0. The van der Waals surface area contributed by atoms with Gasteiger partial charge in [0.2, 0.25) is 0 Å². The van der Waals surface area contributed by atoms with Crippen molar-refractivity contribution in [2.24, 2.45) is 5.73 Å². The van der Waals surface area contributed by atoms with Crippen LogP contribution in [0.3, 0.4) is 0 Å². The maximum atomic E-state index is 5.51. The van der Waals surface area contributed by atoms with E-state index in [0.29, 0.717) is 6.54 Å². The van der Waals surface area contributed by atoms with Gasteiger partial charge in [-0.2, -0.15) is 18.2 Å². The smallest absolute Gasteiger partial charge is 0.101 e. The summed E-state index contributed by atoms with van der Waals surface area (Å²) in [5.41, 5.74) is 6.70. The van der Waals surface area contributed by atoms with Crippen LogP contribution in [0.5, 0.6) is 5.75 Å². The average Bonchev–Trinajstić information content (AvgIpc) is 2.46. The third kappa shape index (κ3) is 1.87. The maximum Gasteiger partial charge on any atom is 0.101 e. The van der Waals surface area contributed by atoms with Crippen LogP contribution in [0.25, 0.3) is 0 Å². The zero-order chi connectivity index (χ0) is 7.68. The molecule has 0 saturated carbocycles. The predicted octanol–water partition coefficient (Wildman–Crippen LogP) is 0.746. The van der Waals surface area contributed by atoms with Gasteiger partial charge in [0.15, 0.2) is 0 Å². The van der Waals surface area contributed by atoms with Crippen LogP contribution in [0.1, 0.15) is 5.56 Å². The van der Waals surface area contributed by atoms with E-state index in [2.05, 4.69) is 6.07 Å². The summed E-state index contributed by atoms with van der Waals surface area (Å²) in [7, 11) is 0. The van der Waals surface area contributed by atoms with E-state index >= 15 is 0 Å². The zero-order valence-corrected chi connectivity index (χ0v) is 9.62. The Hall–Kier alpha value is 0.0839. The number of hydrogen-bond acceptors (Lipinski definition) is 2. The first-order valence-electron chi connectivity index (χ1n) is 3.76. The number of fused-ring (bicyclic) bond motifs is 1. The molecule has 0 aromatic heterocycles. The van der Waals surface area contributed by atoms with Crippen LogP contribution >= 0.6 is 0 Å². The van der Waals surface area contributed by atoms with Crippen molar-refractivity contribution in [1.29, 1.82) is 0 Å². The number of hydrogen-bond donors (Lipinski definition) is 1. The Morgan fingerprint density at radius 2 is 2.50 bits per heavy atom. The Morgan fingerprint density at radius 1 is 1.67 bits per heavy atom. The normalized spacial score (nSPS) is 19.2. The van der Waals surface area contributed by atoms with Crippen molar-refractivity contribution in [2.45, 2.75) is 12.5 Å². The van der Waals surface area contributed by atoms with Crippen molar-refractivity contribution in [3.63, 3.8) is 0 Å². The molecule has 1 aliphatic rings. The summed E-state index contributed by atoms with van der Waals surface area (Å²) in [6.45, 7) is 0.592. The largest absolute Gasteiger partial charge is 0.515 e. The van der Waals surface area contributed by atoms with E-state index in [0.717, 1.165) is 12.2 Å². The summed E-state index contributed by atoms with van der Waals surface area (Å²) in [6.07, 6.45) is 1.11. The third-order valence-electron chi connectivity index (χ3n) is 1.91. The van der Waals surface area contributed by atoms with E-state index in [9.17, 15) is 0 Å². The standard InChI is InChI=1S/C9H10NO.Y/c10-6-8-5-7-3-1-2-4-9(7)11-8;/h2-4,8H,5-6,10H2;/q-1;. The first-order chi connectivity index (χ1) is 5.40. The molecule has 2 nitrogen and oxygen atoms in total. The molecule has 1 atom stereocenters. The van der Waals surface area contributed by atoms with Crippen LogP contribution in [0.15, 0.2) is 18.2 Å². The van der Waals surface area contributed by atoms with Gasteiger partial charge in [-0.15, -0.1) is 11.6 Å². The van der Waals surface area contributed by atoms with Gasteiger partial charge in [0, 0.05) is 45.0 Å². The number of benzene rings is 1. The second-order valence-corrected chi connectivity index (χ2v) is 2.71. The topological polar surface area (TPSA) is 35.2 Å². The predicted molar refractivity (Wildman–Crippen MR) is 42.5 cm³/mol. The molecule has 12 heavy (non-hydrogen) atoms. The summed E-state index contributed by atoms with van der Waals surface area (Å²) in [5.74, 6) is 0.971. The molecule has 0 spiro atoms. The first-order valence-corrected chi connectivity index (χ1v) is 3.76. The van der Waals surface area contributed by atoms with Crippen LogP contribution < -0.4 is 10.5 Å². The SMILES string of the molecule is NCC1Cc2c[c-]ccc2O1.[Y]. The summed E-state index contributed by atoms with van der Waals surface area (Å²) in [4.78, 5) is 0. The van der Waals surface area contributed by atoms with E-state index in [-0.39, 0.29) is 38.8 Å². The Labute approximate surface area is 97.4 Å². The zero-order valence-electron chi connectivity index (χ0n) is 6.79. The van der Waals surface area contributed by atoms with Gasteiger partial charge in [0.05, 0.1) is 0 Å². The quantitative estimate of drug-likeness (QED) is 0.731. The Balaban J connectivity index is 0.000000720. The number of nitrogens with two attached hydrogens (primary N) is 1. The molecule has 2 rings (SSSR count). The Morgan fingerprint density at radius 3 is 3.17 bits per heavy atom. The van der Waals surface area contributed by atoms with Gasteiger partial charge in [-0.3, -0.25) is 0 Å². The molecule has 0 aliphatic carbocycles. The fraction of sp³-hybridized carbons (Fsp3) is 0.333. The number of rotatable bonds is 1. The van der Waals surface area contributed by atoms with E-state index < -0.39 is 0 Å². The first kappa shape index (κ1) is 10.2. The molecular formula is C9H10NOY-. The van der Waals surface area contributed by atoms with Crippen LogP contribution in [0.2, 0.25) is 0 Å². The summed E-state index contributed by atoms with van der Waals surface area (Å²) < 4.78 is 5.51. The molecule has 1 unspecified atom stereocenters. The van der Waals surface area contributed by atoms with Crippen molar-refractivity contribution in [2.75, 3.05) is 6.54 Å². The molecule has 3 heteroatoms. The van der Waals surface area contributed by atoms with Gasteiger partial charge < -0.3 is 10.5 Å². The minimum Gasteiger partial charge on any atom is -0.515 e. The van der Waals surface area contributed by atoms with Crippen molar-refractivity contribution in [3.8, 4) is 5.75 Å². The minimum atomic E-state index is 0. The Kier molecular flexibility index (Phi) is 3.69. The molecular weight excluding hydrogens is 227 g/mol. The van der Waals surface area contributed by atoms with E-state index in [1.54, 1.807) is 0 Å². The van der Waals surface area contributed by atoms with E-state index in [1.807, 2.05) is 18.2 Å². The van der Waals surface area contributed by atoms with Crippen LogP contribution in [-0.4, -0.2) is 12.6 Å². The monoisotopic (exact) mass is 237 g/mol. The Bertz CT molecular complexity index is 239. The summed E-state index contributed by atoms with van der Waals surface area (Å²) in [6, 6.07) is 8.77. The van der Waals surface area contributed by atoms with Gasteiger partial charge in [0.25, 0.3) is 0 Å². The fourth-order valence-corrected chi connectivity index (χ4v) is 1.32. The van der Waals surface area contributed by atoms with E-state index in [4.69, 9.17) is 10.5 Å². The molecule has 2 N–H and O–H groups in total. The molecule has 0 bridgehead atoms. The second-order valence-electron chi connectivity index (χ2n) is 2.71. The van der Waals surface area contributed by atoms with Crippen molar-refractivity contribution >= 4 is 0 Å². The molecule has 0 fully saturated rings. The molecule has 1 radical (unpaired) electrons. The molecule has 0 amide bonds. The van der Waals surface area contributed by atoms with Gasteiger partial charge in [-0.05, 0) is 6.42 Å². The molecule has 1 heterocycles.